The molecular formula is C16H21N5O6. The van der Waals surface area contributed by atoms with E-state index in [0.717, 1.165) is 12.1 Å². The lowest BCUT2D eigenvalue weighted by Crippen LogP contribution is -2.25. The van der Waals surface area contributed by atoms with Gasteiger partial charge in [-0.25, -0.2) is 0 Å². The second-order valence-corrected chi connectivity index (χ2v) is 6.03. The maximum Gasteiger partial charge on any atom is 0.270 e. The first-order chi connectivity index (χ1) is 12.5. The summed E-state index contributed by atoms with van der Waals surface area (Å²) in [6.07, 6.45) is -0.416. The molecule has 11 heteroatoms. The number of hydrogen-bond acceptors (Lipinski definition) is 6. The number of hydrogen-bond donors (Lipinski definition) is 4. The molecule has 0 fully saturated rings. The lowest BCUT2D eigenvalue weighted by molar-refractivity contribution is -0.385. The molecule has 2 atom stereocenters. The standard InChI is InChI=1S/C16H21N5O6/c17-13(22)3-1-11(15(19)24)8-5-9(7-10(6-8)21(26)27)12(16(20)25)2-4-14(18)23/h5-7,11-12H,1-4H2,(H2,17,22)(H2,18,23)(H2,19,24)(H2,20,25). The topological polar surface area (TPSA) is 216 Å². The number of carbonyl (C=O) groups excluding carboxylic acids is 4. The van der Waals surface area contributed by atoms with Gasteiger partial charge in [0.2, 0.25) is 23.6 Å². The quantitative estimate of drug-likeness (QED) is 0.286. The highest BCUT2D eigenvalue weighted by Crippen LogP contribution is 2.31. The van der Waals surface area contributed by atoms with Gasteiger partial charge in [-0.1, -0.05) is 6.07 Å². The number of benzene rings is 1. The van der Waals surface area contributed by atoms with E-state index in [4.69, 9.17) is 22.9 Å². The first-order valence-corrected chi connectivity index (χ1v) is 7.97. The highest BCUT2D eigenvalue weighted by molar-refractivity contribution is 5.85. The van der Waals surface area contributed by atoms with E-state index < -0.39 is 46.1 Å². The third-order valence-corrected chi connectivity index (χ3v) is 4.02. The molecule has 1 rings (SSSR count). The third kappa shape index (κ3) is 6.38. The first-order valence-electron chi connectivity index (χ1n) is 7.97. The summed E-state index contributed by atoms with van der Waals surface area (Å²) in [7, 11) is 0. The van der Waals surface area contributed by atoms with Gasteiger partial charge < -0.3 is 22.9 Å². The van der Waals surface area contributed by atoms with Crippen LogP contribution in [0.1, 0.15) is 48.6 Å². The summed E-state index contributed by atoms with van der Waals surface area (Å²) in [4.78, 5) is 56.1. The molecule has 0 aliphatic heterocycles. The van der Waals surface area contributed by atoms with Crippen LogP contribution in [0.3, 0.4) is 0 Å². The molecular weight excluding hydrogens is 358 g/mol. The number of nitrogens with two attached hydrogens (primary N) is 4. The fourth-order valence-corrected chi connectivity index (χ4v) is 2.69. The minimum Gasteiger partial charge on any atom is -0.370 e. The summed E-state index contributed by atoms with van der Waals surface area (Å²) in [6, 6.07) is 3.64. The van der Waals surface area contributed by atoms with Gasteiger partial charge in [-0.15, -0.1) is 0 Å². The number of nitrogens with zero attached hydrogens (tertiary/aromatic N) is 1. The van der Waals surface area contributed by atoms with Gasteiger partial charge >= 0.3 is 0 Å². The molecule has 4 amide bonds. The van der Waals surface area contributed by atoms with Gasteiger partial charge in [0.25, 0.3) is 5.69 Å². The van der Waals surface area contributed by atoms with Crippen molar-refractivity contribution in [3.8, 4) is 0 Å². The molecule has 0 saturated carbocycles. The molecule has 8 N–H and O–H groups in total. The SMILES string of the molecule is NC(=O)CCC(C(N)=O)c1cc(C(CCC(N)=O)C(N)=O)cc([N+](=O)[O-])c1. The molecule has 0 radical (unpaired) electrons. The predicted octanol–water partition coefficient (Wildman–Crippen LogP) is -0.736. The van der Waals surface area contributed by atoms with Gasteiger partial charge in [-0.2, -0.15) is 0 Å². The Morgan fingerprint density at radius 2 is 1.19 bits per heavy atom. The van der Waals surface area contributed by atoms with Crippen molar-refractivity contribution in [3.05, 3.63) is 39.4 Å². The summed E-state index contributed by atoms with van der Waals surface area (Å²) in [5.74, 6) is -5.00. The number of nitro benzene ring substituents is 1. The van der Waals surface area contributed by atoms with Crippen LogP contribution < -0.4 is 22.9 Å². The molecule has 0 bridgehead atoms. The largest absolute Gasteiger partial charge is 0.370 e. The Bertz CT molecular complexity index is 724. The van der Waals surface area contributed by atoms with E-state index in [2.05, 4.69) is 0 Å². The average molecular weight is 379 g/mol. The van der Waals surface area contributed by atoms with Crippen LogP contribution in [-0.2, 0) is 19.2 Å². The normalized spacial score (nSPS) is 12.7. The van der Waals surface area contributed by atoms with Crippen LogP contribution in [0.15, 0.2) is 18.2 Å². The molecule has 0 aromatic heterocycles. The van der Waals surface area contributed by atoms with Crippen LogP contribution in [0, 0.1) is 10.1 Å². The van der Waals surface area contributed by atoms with Crippen molar-refractivity contribution < 1.29 is 24.1 Å². The molecule has 1 aromatic carbocycles. The molecule has 0 aliphatic carbocycles. The number of amides is 4. The summed E-state index contributed by atoms with van der Waals surface area (Å²) >= 11 is 0. The molecule has 11 nitrogen and oxygen atoms in total. The summed E-state index contributed by atoms with van der Waals surface area (Å²) in [6.45, 7) is 0. The van der Waals surface area contributed by atoms with Crippen molar-refractivity contribution >= 4 is 29.3 Å². The minimum atomic E-state index is -1.03. The van der Waals surface area contributed by atoms with Crippen molar-refractivity contribution in [3.63, 3.8) is 0 Å². The Balaban J connectivity index is 3.41. The summed E-state index contributed by atoms with van der Waals surface area (Å²) < 4.78 is 0. The van der Waals surface area contributed by atoms with Crippen LogP contribution in [-0.4, -0.2) is 28.6 Å². The highest BCUT2D eigenvalue weighted by atomic mass is 16.6. The number of nitro groups is 1. The first kappa shape index (κ1) is 21.5. The predicted molar refractivity (Wildman–Crippen MR) is 93.8 cm³/mol. The van der Waals surface area contributed by atoms with Crippen molar-refractivity contribution in [1.82, 2.24) is 0 Å². The summed E-state index contributed by atoms with van der Waals surface area (Å²) in [5, 5.41) is 11.2. The van der Waals surface area contributed by atoms with Gasteiger partial charge in [0.05, 0.1) is 16.8 Å². The zero-order valence-corrected chi connectivity index (χ0v) is 14.4. The van der Waals surface area contributed by atoms with E-state index in [9.17, 15) is 29.3 Å². The van der Waals surface area contributed by atoms with Crippen LogP contribution >= 0.6 is 0 Å². The fourth-order valence-electron chi connectivity index (χ4n) is 2.69. The van der Waals surface area contributed by atoms with Crippen molar-refractivity contribution in [2.45, 2.75) is 37.5 Å². The number of rotatable bonds is 11. The number of carbonyl (C=O) groups is 4. The monoisotopic (exact) mass is 379 g/mol. The van der Waals surface area contributed by atoms with Crippen molar-refractivity contribution in [1.29, 1.82) is 0 Å². The van der Waals surface area contributed by atoms with Crippen LogP contribution in [0.4, 0.5) is 5.69 Å². The molecule has 0 aliphatic rings. The Morgan fingerprint density at radius 3 is 1.44 bits per heavy atom. The molecule has 0 saturated heterocycles. The zero-order chi connectivity index (χ0) is 20.7. The summed E-state index contributed by atoms with van der Waals surface area (Å²) in [5.41, 5.74) is 20.8. The minimum absolute atomic E-state index is 0.0478. The van der Waals surface area contributed by atoms with Gasteiger partial charge in [0.1, 0.15) is 0 Å². The van der Waals surface area contributed by atoms with E-state index in [1.807, 2.05) is 0 Å². The second kappa shape index (κ2) is 9.27. The van der Waals surface area contributed by atoms with Crippen LogP contribution in [0.5, 0.6) is 0 Å². The molecule has 146 valence electrons. The number of non-ortho nitro benzene ring substituents is 1. The number of primary amides is 4. The van der Waals surface area contributed by atoms with Gasteiger partial charge in [-0.05, 0) is 24.0 Å². The van der Waals surface area contributed by atoms with E-state index in [0.29, 0.717) is 0 Å². The Labute approximate surface area is 154 Å². The lowest BCUT2D eigenvalue weighted by atomic mass is 9.87. The molecule has 0 heterocycles. The third-order valence-electron chi connectivity index (χ3n) is 4.02. The maximum atomic E-state index is 11.8. The Kier molecular flexibility index (Phi) is 7.39. The van der Waals surface area contributed by atoms with E-state index in [-0.39, 0.29) is 36.8 Å². The van der Waals surface area contributed by atoms with Crippen molar-refractivity contribution in [2.75, 3.05) is 0 Å². The zero-order valence-electron chi connectivity index (χ0n) is 14.4. The van der Waals surface area contributed by atoms with Crippen molar-refractivity contribution in [2.24, 2.45) is 22.9 Å². The average Bonchev–Trinajstić information content (AvgIpc) is 2.53. The Hall–Kier alpha value is -3.50. The van der Waals surface area contributed by atoms with E-state index in [1.54, 1.807) is 0 Å². The molecule has 27 heavy (non-hydrogen) atoms. The van der Waals surface area contributed by atoms with Gasteiger partial charge in [-0.3, -0.25) is 29.3 Å². The smallest absolute Gasteiger partial charge is 0.270 e. The van der Waals surface area contributed by atoms with E-state index in [1.165, 1.54) is 6.07 Å². The highest BCUT2D eigenvalue weighted by Gasteiger charge is 2.26. The van der Waals surface area contributed by atoms with E-state index >= 15 is 0 Å². The second-order valence-electron chi connectivity index (χ2n) is 6.03. The molecule has 2 unspecified atom stereocenters. The lowest BCUT2D eigenvalue weighted by Gasteiger charge is -2.17. The Morgan fingerprint density at radius 1 is 0.815 bits per heavy atom. The molecule has 1 aromatic rings. The molecule has 0 spiro atoms. The maximum absolute atomic E-state index is 11.8. The van der Waals surface area contributed by atoms with Gasteiger partial charge in [0.15, 0.2) is 0 Å². The van der Waals surface area contributed by atoms with Gasteiger partial charge in [0, 0.05) is 25.0 Å². The van der Waals surface area contributed by atoms with Crippen LogP contribution in [0.2, 0.25) is 0 Å². The fraction of sp³-hybridized carbons (Fsp3) is 0.375. The van der Waals surface area contributed by atoms with Crippen LogP contribution in [0.25, 0.3) is 0 Å².